The van der Waals surface area contributed by atoms with Crippen molar-refractivity contribution in [2.45, 2.75) is 38.9 Å². The van der Waals surface area contributed by atoms with E-state index in [0.29, 0.717) is 5.56 Å². The fraction of sp³-hybridized carbons (Fsp3) is 0.444. The minimum Gasteiger partial charge on any atom is -0.371 e. The maximum Gasteiger partial charge on any atom is 0.266 e. The Morgan fingerprint density at radius 1 is 1.40 bits per heavy atom. The minimum absolute atomic E-state index is 0.119. The number of nitrogens with zero attached hydrogens (tertiary/aromatic N) is 3. The van der Waals surface area contributed by atoms with Gasteiger partial charge in [0.1, 0.15) is 11.0 Å². The van der Waals surface area contributed by atoms with Crippen molar-refractivity contribution in [1.82, 2.24) is 14.3 Å². The fourth-order valence-electron chi connectivity index (χ4n) is 2.58. The Morgan fingerprint density at radius 2 is 2.04 bits per heavy atom. The first kappa shape index (κ1) is 19.2. The van der Waals surface area contributed by atoms with Gasteiger partial charge in [-0.1, -0.05) is 6.08 Å². The minimum atomic E-state index is -1.38. The number of allylic oxidation sites excluding steroid dienone is 1. The lowest BCUT2D eigenvalue weighted by molar-refractivity contribution is 0.0984. The van der Waals surface area contributed by atoms with E-state index in [2.05, 4.69) is 21.3 Å². The molecule has 1 aliphatic rings. The summed E-state index contributed by atoms with van der Waals surface area (Å²) in [6.45, 7) is 10.9. The summed E-state index contributed by atoms with van der Waals surface area (Å²) in [5, 5.41) is 4.08. The Morgan fingerprint density at radius 3 is 2.64 bits per heavy atom. The Balaban J connectivity index is 0.000000701. The molecule has 1 atom stereocenters. The van der Waals surface area contributed by atoms with Gasteiger partial charge in [-0.25, -0.2) is 8.72 Å². The van der Waals surface area contributed by atoms with E-state index in [4.69, 9.17) is 0 Å². The van der Waals surface area contributed by atoms with Crippen molar-refractivity contribution < 1.29 is 9.00 Å². The predicted molar refractivity (Wildman–Crippen MR) is 103 cm³/mol. The molecule has 1 saturated heterocycles. The van der Waals surface area contributed by atoms with E-state index in [1.807, 2.05) is 25.3 Å². The van der Waals surface area contributed by atoms with Gasteiger partial charge in [0.05, 0.1) is 17.3 Å². The highest BCUT2D eigenvalue weighted by Gasteiger charge is 2.18. The van der Waals surface area contributed by atoms with Crippen molar-refractivity contribution in [2.75, 3.05) is 18.0 Å². The van der Waals surface area contributed by atoms with E-state index < -0.39 is 11.0 Å². The molecule has 1 N–H and O–H groups in total. The molecule has 3 rings (SSSR count). The standard InChI is InChI=1S/C15H20N4O2S.C3H6/c1-11(2)22(21)17-15(20)13-10-16-19-8-5-12(9-14(13)19)18-6-3-4-7-18;1-3-2/h5,8-11H,3-4,6-7H2,1-2H3,(H,17,20);3H,1H2,2H3. The summed E-state index contributed by atoms with van der Waals surface area (Å²) < 4.78 is 16.0. The zero-order chi connectivity index (χ0) is 18.4. The summed E-state index contributed by atoms with van der Waals surface area (Å²) in [5.74, 6) is -0.347. The van der Waals surface area contributed by atoms with E-state index in [1.165, 1.54) is 19.0 Å². The number of aromatic nitrogens is 2. The summed E-state index contributed by atoms with van der Waals surface area (Å²) in [6, 6.07) is 3.99. The largest absolute Gasteiger partial charge is 0.371 e. The van der Waals surface area contributed by atoms with Gasteiger partial charge in [-0.2, -0.15) is 5.10 Å². The number of amides is 1. The monoisotopic (exact) mass is 362 g/mol. The lowest BCUT2D eigenvalue weighted by Gasteiger charge is -2.17. The van der Waals surface area contributed by atoms with Crippen LogP contribution in [0.25, 0.3) is 5.52 Å². The number of rotatable bonds is 4. The van der Waals surface area contributed by atoms with Crippen molar-refractivity contribution in [2.24, 2.45) is 0 Å². The Labute approximate surface area is 151 Å². The molecule has 2 aromatic rings. The van der Waals surface area contributed by atoms with Gasteiger partial charge >= 0.3 is 0 Å². The van der Waals surface area contributed by atoms with E-state index >= 15 is 0 Å². The van der Waals surface area contributed by atoms with Gasteiger partial charge in [-0.05, 0) is 45.7 Å². The van der Waals surface area contributed by atoms with Crippen molar-refractivity contribution in [3.05, 3.63) is 42.7 Å². The Hall–Kier alpha value is -2.15. The predicted octanol–water partition coefficient (Wildman–Crippen LogP) is 2.93. The summed E-state index contributed by atoms with van der Waals surface area (Å²) >= 11 is 0. The molecule has 1 amide bonds. The van der Waals surface area contributed by atoms with Crippen LogP contribution in [0.15, 0.2) is 37.2 Å². The highest BCUT2D eigenvalue weighted by atomic mass is 32.2. The topological polar surface area (TPSA) is 66.7 Å². The Bertz CT molecular complexity index is 764. The Kier molecular flexibility index (Phi) is 6.75. The second-order valence-electron chi connectivity index (χ2n) is 6.15. The smallest absolute Gasteiger partial charge is 0.266 e. The lowest BCUT2D eigenvalue weighted by Crippen LogP contribution is -2.30. The third-order valence-electron chi connectivity index (χ3n) is 3.84. The summed E-state index contributed by atoms with van der Waals surface area (Å²) in [6.07, 6.45) is 7.53. The molecule has 2 aromatic heterocycles. The lowest BCUT2D eigenvalue weighted by atomic mass is 10.2. The number of hydrogen-bond acceptors (Lipinski definition) is 4. The molecule has 1 fully saturated rings. The molecule has 0 aliphatic carbocycles. The quantitative estimate of drug-likeness (QED) is 0.849. The van der Waals surface area contributed by atoms with Gasteiger partial charge in [0, 0.05) is 30.2 Å². The highest BCUT2D eigenvalue weighted by molar-refractivity contribution is 7.84. The first-order valence-corrected chi connectivity index (χ1v) is 9.70. The van der Waals surface area contributed by atoms with Gasteiger partial charge in [0.15, 0.2) is 0 Å². The van der Waals surface area contributed by atoms with Gasteiger partial charge in [-0.15, -0.1) is 6.58 Å². The molecule has 7 heteroatoms. The number of carbonyl (C=O) groups excluding carboxylic acids is 1. The van der Waals surface area contributed by atoms with E-state index in [9.17, 15) is 9.00 Å². The van der Waals surface area contributed by atoms with Crippen molar-refractivity contribution in [3.63, 3.8) is 0 Å². The summed E-state index contributed by atoms with van der Waals surface area (Å²) in [7, 11) is -1.38. The van der Waals surface area contributed by atoms with Crippen LogP contribution in [0.1, 0.15) is 44.0 Å². The molecular weight excluding hydrogens is 336 g/mol. The molecule has 6 nitrogen and oxygen atoms in total. The molecule has 0 spiro atoms. The zero-order valence-corrected chi connectivity index (χ0v) is 15.9. The SMILES string of the molecule is C=CC.CC(C)S(=O)NC(=O)c1cnn2ccc(N3CCCC3)cc12. The molecule has 0 saturated carbocycles. The average Bonchev–Trinajstić information content (AvgIpc) is 3.24. The van der Waals surface area contributed by atoms with Crippen LogP contribution in [0.3, 0.4) is 0 Å². The second-order valence-corrected chi connectivity index (χ2v) is 7.89. The van der Waals surface area contributed by atoms with Gasteiger partial charge in [-0.3, -0.25) is 9.52 Å². The van der Waals surface area contributed by atoms with E-state index in [-0.39, 0.29) is 11.2 Å². The number of fused-ring (bicyclic) bond motifs is 1. The molecule has 136 valence electrons. The molecular formula is C18H26N4O2S. The summed E-state index contributed by atoms with van der Waals surface area (Å²) in [5.41, 5.74) is 2.29. The first-order valence-electron chi connectivity index (χ1n) is 8.49. The highest BCUT2D eigenvalue weighted by Crippen LogP contribution is 2.23. The van der Waals surface area contributed by atoms with Crippen LogP contribution in [-0.4, -0.2) is 38.1 Å². The fourth-order valence-corrected chi connectivity index (χ4v) is 3.11. The molecule has 0 aromatic carbocycles. The number of pyridine rings is 1. The summed E-state index contributed by atoms with van der Waals surface area (Å²) in [4.78, 5) is 14.6. The van der Waals surface area contributed by atoms with Gasteiger partial charge in [0.2, 0.25) is 0 Å². The van der Waals surface area contributed by atoms with E-state index in [1.54, 1.807) is 24.4 Å². The van der Waals surface area contributed by atoms with E-state index in [0.717, 1.165) is 24.3 Å². The maximum absolute atomic E-state index is 12.3. The number of carbonyl (C=O) groups is 1. The molecule has 0 radical (unpaired) electrons. The van der Waals surface area contributed by atoms with Crippen LogP contribution in [-0.2, 0) is 11.0 Å². The zero-order valence-electron chi connectivity index (χ0n) is 15.1. The number of anilines is 1. The van der Waals surface area contributed by atoms with Crippen LogP contribution in [0.2, 0.25) is 0 Å². The normalized spacial score (nSPS) is 15.0. The maximum atomic E-state index is 12.3. The number of nitrogens with one attached hydrogen (secondary N) is 1. The average molecular weight is 362 g/mol. The van der Waals surface area contributed by atoms with Crippen LogP contribution in [0.5, 0.6) is 0 Å². The van der Waals surface area contributed by atoms with Gasteiger partial charge in [0.25, 0.3) is 5.91 Å². The van der Waals surface area contributed by atoms with Crippen LogP contribution in [0.4, 0.5) is 5.69 Å². The second kappa shape index (κ2) is 8.80. The molecule has 0 bridgehead atoms. The van der Waals surface area contributed by atoms with Crippen LogP contribution >= 0.6 is 0 Å². The molecule has 3 heterocycles. The third-order valence-corrected chi connectivity index (χ3v) is 5.09. The first-order chi connectivity index (χ1) is 12.0. The van der Waals surface area contributed by atoms with Crippen molar-refractivity contribution >= 4 is 28.1 Å². The van der Waals surface area contributed by atoms with Crippen LogP contribution in [0, 0.1) is 0 Å². The molecule has 25 heavy (non-hydrogen) atoms. The molecule has 1 aliphatic heterocycles. The van der Waals surface area contributed by atoms with Crippen molar-refractivity contribution in [1.29, 1.82) is 0 Å². The van der Waals surface area contributed by atoms with Gasteiger partial charge < -0.3 is 4.90 Å². The molecule has 1 unspecified atom stereocenters. The third kappa shape index (κ3) is 4.69. The number of hydrogen-bond donors (Lipinski definition) is 1. The van der Waals surface area contributed by atoms with Crippen LogP contribution < -0.4 is 9.62 Å². The van der Waals surface area contributed by atoms with Crippen molar-refractivity contribution in [3.8, 4) is 0 Å².